The van der Waals surface area contributed by atoms with Crippen molar-refractivity contribution in [2.45, 2.75) is 32.9 Å². The van der Waals surface area contributed by atoms with Crippen LogP contribution >= 0.6 is 11.3 Å². The molecule has 5 heterocycles. The van der Waals surface area contributed by atoms with Crippen molar-refractivity contribution in [2.24, 2.45) is 5.41 Å². The Morgan fingerprint density at radius 3 is 2.97 bits per heavy atom. The van der Waals surface area contributed by atoms with Crippen molar-refractivity contribution in [3.63, 3.8) is 0 Å². The smallest absolute Gasteiger partial charge is 0.261 e. The number of hydrogen-bond acceptors (Lipinski definition) is 6. The predicted molar refractivity (Wildman–Crippen MR) is 118 cm³/mol. The van der Waals surface area contributed by atoms with E-state index >= 15 is 0 Å². The number of fused-ring (bicyclic) bond motifs is 1. The lowest BCUT2D eigenvalue weighted by Crippen LogP contribution is -2.31. The van der Waals surface area contributed by atoms with E-state index in [2.05, 4.69) is 33.5 Å². The van der Waals surface area contributed by atoms with Gasteiger partial charge in [0.15, 0.2) is 5.65 Å². The van der Waals surface area contributed by atoms with Crippen LogP contribution in [0.25, 0.3) is 16.1 Å². The van der Waals surface area contributed by atoms with Crippen molar-refractivity contribution in [1.82, 2.24) is 29.5 Å². The molecule has 0 aromatic carbocycles. The predicted octanol–water partition coefficient (Wildman–Crippen LogP) is 3.40. The summed E-state index contributed by atoms with van der Waals surface area (Å²) in [7, 11) is 0. The van der Waals surface area contributed by atoms with Crippen molar-refractivity contribution in [3.8, 4) is 10.4 Å². The second-order valence-corrected chi connectivity index (χ2v) is 9.35. The molecule has 0 saturated carbocycles. The monoisotopic (exact) mass is 436 g/mol. The number of aromatic nitrogens is 5. The lowest BCUT2D eigenvalue weighted by atomic mass is 9.82. The minimum Gasteiger partial charge on any atom is -0.381 e. The van der Waals surface area contributed by atoms with Gasteiger partial charge in [0, 0.05) is 55.0 Å². The Labute approximate surface area is 183 Å². The highest BCUT2D eigenvalue weighted by molar-refractivity contribution is 7.17. The van der Waals surface area contributed by atoms with Crippen LogP contribution in [0.3, 0.4) is 0 Å². The number of carbonyl (C=O) groups excluding carboxylic acids is 1. The first kappa shape index (κ1) is 19.9. The maximum atomic E-state index is 12.6. The van der Waals surface area contributed by atoms with E-state index in [1.807, 2.05) is 39.8 Å². The van der Waals surface area contributed by atoms with E-state index in [4.69, 9.17) is 4.74 Å². The molecule has 1 saturated heterocycles. The van der Waals surface area contributed by atoms with E-state index in [0.29, 0.717) is 11.4 Å². The summed E-state index contributed by atoms with van der Waals surface area (Å²) < 4.78 is 9.39. The molecule has 31 heavy (non-hydrogen) atoms. The number of imidazole rings is 1. The fraction of sp³-hybridized carbons (Fsp3) is 0.364. The van der Waals surface area contributed by atoms with Gasteiger partial charge >= 0.3 is 0 Å². The van der Waals surface area contributed by atoms with Gasteiger partial charge in [-0.25, -0.2) is 4.98 Å². The number of nitrogens with one attached hydrogen (secondary N) is 1. The number of hydrogen-bond donors (Lipinski definition) is 1. The highest BCUT2D eigenvalue weighted by Crippen LogP contribution is 2.33. The van der Waals surface area contributed by atoms with Gasteiger partial charge in [-0.3, -0.25) is 14.5 Å². The zero-order chi connectivity index (χ0) is 21.3. The molecule has 0 radical (unpaired) electrons. The highest BCUT2D eigenvalue weighted by atomic mass is 32.1. The van der Waals surface area contributed by atoms with E-state index in [1.54, 1.807) is 12.4 Å². The summed E-state index contributed by atoms with van der Waals surface area (Å²) in [5.74, 6) is -0.106. The average Bonchev–Trinajstić information content (AvgIpc) is 3.52. The van der Waals surface area contributed by atoms with Gasteiger partial charge in [0.2, 0.25) is 0 Å². The molecule has 8 nitrogen and oxygen atoms in total. The molecule has 4 aromatic rings. The number of carbonyl (C=O) groups is 1. The van der Waals surface area contributed by atoms with Crippen molar-refractivity contribution < 1.29 is 9.53 Å². The zero-order valence-electron chi connectivity index (χ0n) is 17.3. The quantitative estimate of drug-likeness (QED) is 0.501. The molecular formula is C22H24N6O2S. The zero-order valence-corrected chi connectivity index (χ0v) is 18.1. The molecule has 1 amide bonds. The van der Waals surface area contributed by atoms with Crippen molar-refractivity contribution >= 4 is 22.9 Å². The van der Waals surface area contributed by atoms with E-state index in [0.717, 1.165) is 54.4 Å². The summed E-state index contributed by atoms with van der Waals surface area (Å²) in [5, 5.41) is 7.49. The standard InChI is InChI=1S/C22H24N6O2S/c1-22(4-8-30-9-5-22)15-28-13-16(10-26-28)18-2-3-19(31-18)21(29)25-11-17-14-27-7-6-23-20(27)12-24-17/h2-3,6-7,10,12-14H,4-5,8-9,11,15H2,1H3,(H,25,29). The minimum absolute atomic E-state index is 0.106. The third kappa shape index (κ3) is 4.38. The molecule has 0 atom stereocenters. The van der Waals surface area contributed by atoms with E-state index < -0.39 is 0 Å². The first-order chi connectivity index (χ1) is 15.1. The van der Waals surface area contributed by atoms with Gasteiger partial charge in [-0.1, -0.05) is 6.92 Å². The number of rotatable bonds is 6. The van der Waals surface area contributed by atoms with Gasteiger partial charge in [0.1, 0.15) is 0 Å². The summed E-state index contributed by atoms with van der Waals surface area (Å²) in [6.07, 6.45) is 13.2. The third-order valence-electron chi connectivity index (χ3n) is 5.75. The number of nitrogens with zero attached hydrogens (tertiary/aromatic N) is 5. The Balaban J connectivity index is 1.22. The Bertz CT molecular complexity index is 1200. The molecule has 1 N–H and O–H groups in total. The van der Waals surface area contributed by atoms with Gasteiger partial charge in [-0.05, 0) is 30.4 Å². The van der Waals surface area contributed by atoms with Crippen molar-refractivity contribution in [3.05, 3.63) is 59.9 Å². The van der Waals surface area contributed by atoms with Crippen LogP contribution in [0.1, 0.15) is 35.1 Å². The summed E-state index contributed by atoms with van der Waals surface area (Å²) in [4.78, 5) is 22.8. The minimum atomic E-state index is -0.106. The normalized spacial score (nSPS) is 15.9. The summed E-state index contributed by atoms with van der Waals surface area (Å²) in [6, 6.07) is 3.84. The van der Waals surface area contributed by atoms with Crippen LogP contribution in [0.15, 0.2) is 49.3 Å². The fourth-order valence-electron chi connectivity index (χ4n) is 3.82. The molecule has 9 heteroatoms. The Hall–Kier alpha value is -3.04. The van der Waals surface area contributed by atoms with Crippen LogP contribution < -0.4 is 5.32 Å². The summed E-state index contributed by atoms with van der Waals surface area (Å²) >= 11 is 1.47. The van der Waals surface area contributed by atoms with Crippen LogP contribution in [0, 0.1) is 5.41 Å². The number of amides is 1. The van der Waals surface area contributed by atoms with Gasteiger partial charge in [0.25, 0.3) is 5.91 Å². The van der Waals surface area contributed by atoms with E-state index in [1.165, 1.54) is 11.3 Å². The number of thiophene rings is 1. The summed E-state index contributed by atoms with van der Waals surface area (Å²) in [6.45, 7) is 5.17. The maximum Gasteiger partial charge on any atom is 0.261 e. The molecule has 160 valence electrons. The molecule has 1 aliphatic heterocycles. The van der Waals surface area contributed by atoms with Crippen LogP contribution in [-0.4, -0.2) is 43.3 Å². The van der Waals surface area contributed by atoms with Crippen LogP contribution in [-0.2, 0) is 17.8 Å². The topological polar surface area (TPSA) is 86.3 Å². The molecule has 0 spiro atoms. The first-order valence-corrected chi connectivity index (χ1v) is 11.2. The fourth-order valence-corrected chi connectivity index (χ4v) is 4.72. The van der Waals surface area contributed by atoms with Gasteiger partial charge < -0.3 is 14.5 Å². The lowest BCUT2D eigenvalue weighted by Gasteiger charge is -2.33. The molecule has 0 bridgehead atoms. The molecule has 0 unspecified atom stereocenters. The second-order valence-electron chi connectivity index (χ2n) is 8.27. The molecule has 1 fully saturated rings. The van der Waals surface area contributed by atoms with Gasteiger partial charge in [-0.15, -0.1) is 11.3 Å². The summed E-state index contributed by atoms with van der Waals surface area (Å²) in [5.41, 5.74) is 2.81. The Kier molecular flexibility index (Phi) is 5.29. The molecule has 4 aromatic heterocycles. The first-order valence-electron chi connectivity index (χ1n) is 10.3. The van der Waals surface area contributed by atoms with Crippen LogP contribution in [0.4, 0.5) is 0 Å². The highest BCUT2D eigenvalue weighted by Gasteiger charge is 2.28. The second kappa shape index (κ2) is 8.24. The Morgan fingerprint density at radius 1 is 1.23 bits per heavy atom. The SMILES string of the molecule is CC1(Cn2cc(-c3ccc(C(=O)NCc4cn5ccnc5cn4)s3)cn2)CCOCC1. The van der Waals surface area contributed by atoms with Crippen LogP contribution in [0.5, 0.6) is 0 Å². The number of ether oxygens (including phenoxy) is 1. The largest absolute Gasteiger partial charge is 0.381 e. The van der Waals surface area contributed by atoms with Gasteiger partial charge in [0.05, 0.1) is 29.5 Å². The molecule has 1 aliphatic rings. The molecular weight excluding hydrogens is 412 g/mol. The maximum absolute atomic E-state index is 12.6. The van der Waals surface area contributed by atoms with Crippen molar-refractivity contribution in [2.75, 3.05) is 13.2 Å². The average molecular weight is 437 g/mol. The Morgan fingerprint density at radius 2 is 2.10 bits per heavy atom. The third-order valence-corrected chi connectivity index (χ3v) is 6.89. The van der Waals surface area contributed by atoms with Crippen molar-refractivity contribution in [1.29, 1.82) is 0 Å². The van der Waals surface area contributed by atoms with Gasteiger partial charge in [-0.2, -0.15) is 5.10 Å². The molecule has 5 rings (SSSR count). The molecule has 0 aliphatic carbocycles. The van der Waals surface area contributed by atoms with E-state index in [9.17, 15) is 4.79 Å². The van der Waals surface area contributed by atoms with E-state index in [-0.39, 0.29) is 11.3 Å². The lowest BCUT2D eigenvalue weighted by molar-refractivity contribution is 0.0139. The van der Waals surface area contributed by atoms with Crippen LogP contribution in [0.2, 0.25) is 0 Å².